The number of unbranched alkanes of at least 4 members (excludes halogenated alkanes) is 2. The zero-order valence-corrected chi connectivity index (χ0v) is 10.2. The van der Waals surface area contributed by atoms with Gasteiger partial charge in [-0.2, -0.15) is 0 Å². The van der Waals surface area contributed by atoms with E-state index in [-0.39, 0.29) is 5.97 Å². The van der Waals surface area contributed by atoms with Crippen molar-refractivity contribution in [3.63, 3.8) is 0 Å². The highest BCUT2D eigenvalue weighted by Gasteiger charge is 2.19. The molecule has 1 aromatic heterocycles. The smallest absolute Gasteiger partial charge is 0.360 e. The second-order valence-electron chi connectivity index (χ2n) is 3.68. The highest BCUT2D eigenvalue weighted by atomic mass is 16.5. The lowest BCUT2D eigenvalue weighted by molar-refractivity contribution is 0.0517. The molecule has 0 aliphatic rings. The van der Waals surface area contributed by atoms with E-state index in [4.69, 9.17) is 9.15 Å². The molecule has 16 heavy (non-hydrogen) atoms. The summed E-state index contributed by atoms with van der Waals surface area (Å²) >= 11 is 0. The molecule has 0 N–H and O–H groups in total. The van der Waals surface area contributed by atoms with Gasteiger partial charge in [0.25, 0.3) is 0 Å². The maximum Gasteiger partial charge on any atom is 0.360 e. The number of ether oxygens (including phenoxy) is 1. The number of hydrogen-bond acceptors (Lipinski definition) is 4. The Bertz CT molecular complexity index is 344. The molecule has 0 saturated carbocycles. The Morgan fingerprint density at radius 2 is 2.12 bits per heavy atom. The van der Waals surface area contributed by atoms with Gasteiger partial charge in [0.15, 0.2) is 11.6 Å². The van der Waals surface area contributed by atoms with Gasteiger partial charge in [-0.25, -0.2) is 9.78 Å². The van der Waals surface area contributed by atoms with Crippen molar-refractivity contribution in [3.05, 3.63) is 17.3 Å². The number of esters is 1. The van der Waals surface area contributed by atoms with E-state index in [0.29, 0.717) is 24.0 Å². The molecule has 4 nitrogen and oxygen atoms in total. The highest BCUT2D eigenvalue weighted by molar-refractivity contribution is 5.88. The van der Waals surface area contributed by atoms with E-state index in [0.717, 1.165) is 25.7 Å². The third kappa shape index (κ3) is 3.36. The van der Waals surface area contributed by atoms with E-state index in [1.807, 2.05) is 0 Å². The van der Waals surface area contributed by atoms with Gasteiger partial charge in [0.05, 0.1) is 6.61 Å². The Morgan fingerprint density at radius 1 is 1.38 bits per heavy atom. The maximum absolute atomic E-state index is 11.6. The van der Waals surface area contributed by atoms with Gasteiger partial charge in [0.1, 0.15) is 5.76 Å². The summed E-state index contributed by atoms with van der Waals surface area (Å²) in [5.74, 6) is 0.796. The fourth-order valence-electron chi connectivity index (χ4n) is 1.53. The van der Waals surface area contributed by atoms with Crippen LogP contribution in [-0.4, -0.2) is 17.6 Å². The minimum absolute atomic E-state index is 0.343. The van der Waals surface area contributed by atoms with E-state index in [1.54, 1.807) is 13.8 Å². The number of aromatic nitrogens is 1. The molecule has 0 aromatic carbocycles. The van der Waals surface area contributed by atoms with E-state index in [1.165, 1.54) is 0 Å². The van der Waals surface area contributed by atoms with Crippen molar-refractivity contribution in [1.82, 2.24) is 4.98 Å². The molecule has 4 heteroatoms. The fraction of sp³-hybridized carbons (Fsp3) is 0.667. The number of carbonyl (C=O) groups excluding carboxylic acids is 1. The van der Waals surface area contributed by atoms with Crippen LogP contribution in [0.4, 0.5) is 0 Å². The first kappa shape index (κ1) is 12.7. The predicted octanol–water partition coefficient (Wildman–Crippen LogP) is 2.89. The van der Waals surface area contributed by atoms with Crippen molar-refractivity contribution in [3.8, 4) is 0 Å². The number of aryl methyl sites for hydroxylation is 2. The molecule has 1 aromatic rings. The molecule has 0 spiro atoms. The molecule has 0 bridgehead atoms. The molecule has 1 rings (SSSR count). The summed E-state index contributed by atoms with van der Waals surface area (Å²) in [5.41, 5.74) is 0.343. The molecule has 0 aliphatic carbocycles. The molecule has 1 heterocycles. The second kappa shape index (κ2) is 6.30. The zero-order valence-electron chi connectivity index (χ0n) is 10.2. The molecule has 90 valence electrons. The third-order valence-corrected chi connectivity index (χ3v) is 2.28. The highest BCUT2D eigenvalue weighted by Crippen LogP contribution is 2.15. The van der Waals surface area contributed by atoms with Crippen LogP contribution in [-0.2, 0) is 11.2 Å². The van der Waals surface area contributed by atoms with Gasteiger partial charge in [0, 0.05) is 13.3 Å². The van der Waals surface area contributed by atoms with E-state index in [2.05, 4.69) is 11.9 Å². The number of rotatable bonds is 6. The Kier molecular flexibility index (Phi) is 5.02. The molecular formula is C12H19NO3. The Morgan fingerprint density at radius 3 is 2.75 bits per heavy atom. The number of oxazole rings is 1. The molecule has 0 unspecified atom stereocenters. The molecule has 0 atom stereocenters. The fourth-order valence-corrected chi connectivity index (χ4v) is 1.53. The molecule has 0 amide bonds. The lowest BCUT2D eigenvalue weighted by Gasteiger charge is -2.00. The summed E-state index contributed by atoms with van der Waals surface area (Å²) in [4.78, 5) is 15.6. The van der Waals surface area contributed by atoms with Crippen LogP contribution in [0, 0.1) is 6.92 Å². The van der Waals surface area contributed by atoms with Crippen molar-refractivity contribution in [2.75, 3.05) is 6.61 Å². The summed E-state index contributed by atoms with van der Waals surface area (Å²) in [6.07, 6.45) is 4.03. The lowest BCUT2D eigenvalue weighted by atomic mass is 10.1. The maximum atomic E-state index is 11.6. The van der Waals surface area contributed by atoms with Gasteiger partial charge >= 0.3 is 5.97 Å². The summed E-state index contributed by atoms with van der Waals surface area (Å²) in [5, 5.41) is 0. The van der Waals surface area contributed by atoms with E-state index in [9.17, 15) is 4.79 Å². The van der Waals surface area contributed by atoms with Gasteiger partial charge < -0.3 is 9.15 Å². The largest absolute Gasteiger partial charge is 0.461 e. The summed E-state index contributed by atoms with van der Waals surface area (Å²) in [7, 11) is 0. The first-order valence-corrected chi connectivity index (χ1v) is 5.82. The SMILES string of the molecule is CCCCCc1oc(C)nc1C(=O)OCC. The van der Waals surface area contributed by atoms with E-state index < -0.39 is 0 Å². The average Bonchev–Trinajstić information content (AvgIpc) is 2.61. The summed E-state index contributed by atoms with van der Waals surface area (Å²) in [6.45, 7) is 6.02. The predicted molar refractivity (Wildman–Crippen MR) is 60.4 cm³/mol. The van der Waals surface area contributed by atoms with Gasteiger partial charge in [-0.15, -0.1) is 0 Å². The quantitative estimate of drug-likeness (QED) is 0.551. The Labute approximate surface area is 96.0 Å². The molecule has 0 aliphatic heterocycles. The normalized spacial score (nSPS) is 10.4. The van der Waals surface area contributed by atoms with Gasteiger partial charge in [-0.05, 0) is 13.3 Å². The monoisotopic (exact) mass is 225 g/mol. The second-order valence-corrected chi connectivity index (χ2v) is 3.68. The van der Waals surface area contributed by atoms with Crippen molar-refractivity contribution >= 4 is 5.97 Å². The van der Waals surface area contributed by atoms with Crippen LogP contribution in [0.3, 0.4) is 0 Å². The summed E-state index contributed by atoms with van der Waals surface area (Å²) < 4.78 is 10.3. The number of carbonyl (C=O) groups is 1. The lowest BCUT2D eigenvalue weighted by Crippen LogP contribution is -2.08. The average molecular weight is 225 g/mol. The van der Waals surface area contributed by atoms with Crippen LogP contribution in [0.15, 0.2) is 4.42 Å². The van der Waals surface area contributed by atoms with Crippen LogP contribution >= 0.6 is 0 Å². The van der Waals surface area contributed by atoms with Gasteiger partial charge in [-0.3, -0.25) is 0 Å². The van der Waals surface area contributed by atoms with Crippen molar-refractivity contribution < 1.29 is 13.9 Å². The molecule has 0 fully saturated rings. The topological polar surface area (TPSA) is 52.3 Å². The van der Waals surface area contributed by atoms with Crippen LogP contribution in [0.2, 0.25) is 0 Å². The minimum Gasteiger partial charge on any atom is -0.461 e. The van der Waals surface area contributed by atoms with Gasteiger partial charge in [0.2, 0.25) is 0 Å². The van der Waals surface area contributed by atoms with E-state index >= 15 is 0 Å². The first-order valence-electron chi connectivity index (χ1n) is 5.82. The molecule has 0 saturated heterocycles. The van der Waals surface area contributed by atoms with Crippen LogP contribution in [0.1, 0.15) is 55.2 Å². The Hall–Kier alpha value is -1.32. The first-order chi connectivity index (χ1) is 7.69. The van der Waals surface area contributed by atoms with Crippen LogP contribution < -0.4 is 0 Å². The number of nitrogens with zero attached hydrogens (tertiary/aromatic N) is 1. The van der Waals surface area contributed by atoms with Crippen molar-refractivity contribution in [2.45, 2.75) is 46.5 Å². The standard InChI is InChI=1S/C12H19NO3/c1-4-6-7-8-10-11(12(14)15-5-2)13-9(3)16-10/h4-8H2,1-3H3. The molecular weight excluding hydrogens is 206 g/mol. The zero-order chi connectivity index (χ0) is 12.0. The number of hydrogen-bond donors (Lipinski definition) is 0. The molecule has 0 radical (unpaired) electrons. The minimum atomic E-state index is -0.383. The van der Waals surface area contributed by atoms with Gasteiger partial charge in [-0.1, -0.05) is 19.8 Å². The van der Waals surface area contributed by atoms with Crippen molar-refractivity contribution in [1.29, 1.82) is 0 Å². The Balaban J connectivity index is 2.70. The van der Waals surface area contributed by atoms with Crippen LogP contribution in [0.5, 0.6) is 0 Å². The van der Waals surface area contributed by atoms with Crippen molar-refractivity contribution in [2.24, 2.45) is 0 Å². The third-order valence-electron chi connectivity index (χ3n) is 2.28. The van der Waals surface area contributed by atoms with Crippen LogP contribution in [0.25, 0.3) is 0 Å². The summed E-state index contributed by atoms with van der Waals surface area (Å²) in [6, 6.07) is 0.